The highest BCUT2D eigenvalue weighted by Crippen LogP contribution is 2.29. The number of ketones is 1. The van der Waals surface area contributed by atoms with Crippen LogP contribution in [0, 0.1) is 0 Å². The lowest BCUT2D eigenvalue weighted by Crippen LogP contribution is -2.26. The van der Waals surface area contributed by atoms with Gasteiger partial charge in [0.1, 0.15) is 12.4 Å². The van der Waals surface area contributed by atoms with Gasteiger partial charge in [-0.15, -0.1) is 0 Å². The molecule has 0 amide bonds. The van der Waals surface area contributed by atoms with Crippen molar-refractivity contribution in [3.8, 4) is 5.75 Å². The molecular formula is C11H12O3. The van der Waals surface area contributed by atoms with Gasteiger partial charge >= 0.3 is 0 Å². The minimum absolute atomic E-state index is 0.00163. The summed E-state index contributed by atoms with van der Waals surface area (Å²) in [4.78, 5) is 11.3. The number of hydrogen-bond donors (Lipinski definition) is 1. The summed E-state index contributed by atoms with van der Waals surface area (Å²) < 4.78 is 5.36. The van der Waals surface area contributed by atoms with E-state index >= 15 is 0 Å². The van der Waals surface area contributed by atoms with Crippen LogP contribution < -0.4 is 4.74 Å². The predicted octanol–water partition coefficient (Wildman–Crippen LogP) is 1.18. The van der Waals surface area contributed by atoms with Crippen LogP contribution in [-0.4, -0.2) is 23.6 Å². The van der Waals surface area contributed by atoms with Crippen LogP contribution >= 0.6 is 0 Å². The first kappa shape index (κ1) is 9.21. The number of fused-ring (bicyclic) bond motifs is 1. The second kappa shape index (κ2) is 3.42. The molecule has 0 bridgehead atoms. The van der Waals surface area contributed by atoms with Gasteiger partial charge in [0.05, 0.1) is 11.7 Å². The fourth-order valence-corrected chi connectivity index (χ4v) is 1.69. The lowest BCUT2D eigenvalue weighted by atomic mass is 9.99. The summed E-state index contributed by atoms with van der Waals surface area (Å²) in [5, 5.41) is 9.38. The van der Waals surface area contributed by atoms with Crippen molar-refractivity contribution in [2.24, 2.45) is 0 Å². The molecule has 2 rings (SSSR count). The quantitative estimate of drug-likeness (QED) is 0.680. The van der Waals surface area contributed by atoms with Crippen molar-refractivity contribution in [2.45, 2.75) is 19.4 Å². The van der Waals surface area contributed by atoms with Gasteiger partial charge in [0.25, 0.3) is 0 Å². The summed E-state index contributed by atoms with van der Waals surface area (Å²) >= 11 is 0. The minimum Gasteiger partial charge on any atom is -0.490 e. The Bertz CT molecular complexity index is 371. The van der Waals surface area contributed by atoms with Crippen molar-refractivity contribution in [1.82, 2.24) is 0 Å². The molecular weight excluding hydrogens is 180 g/mol. The molecule has 0 spiro atoms. The first-order valence-electron chi connectivity index (χ1n) is 4.62. The Kier molecular flexibility index (Phi) is 2.25. The molecule has 1 atom stereocenters. The molecule has 1 heterocycles. The number of benzene rings is 1. The molecule has 0 saturated carbocycles. The van der Waals surface area contributed by atoms with Crippen molar-refractivity contribution >= 4 is 5.78 Å². The van der Waals surface area contributed by atoms with E-state index in [2.05, 4.69) is 0 Å². The third kappa shape index (κ3) is 1.51. The second-order valence-corrected chi connectivity index (χ2v) is 3.52. The van der Waals surface area contributed by atoms with Gasteiger partial charge < -0.3 is 9.84 Å². The third-order valence-corrected chi connectivity index (χ3v) is 2.35. The molecule has 0 aromatic heterocycles. The molecule has 3 heteroatoms. The van der Waals surface area contributed by atoms with Gasteiger partial charge in [0.15, 0.2) is 5.78 Å². The van der Waals surface area contributed by atoms with E-state index in [0.717, 1.165) is 5.56 Å². The van der Waals surface area contributed by atoms with E-state index in [9.17, 15) is 9.90 Å². The lowest BCUT2D eigenvalue weighted by Gasteiger charge is -2.23. The van der Waals surface area contributed by atoms with E-state index in [-0.39, 0.29) is 12.4 Å². The number of aliphatic hydroxyl groups excluding tert-OH is 1. The summed E-state index contributed by atoms with van der Waals surface area (Å²) in [5.74, 6) is 0.642. The zero-order valence-corrected chi connectivity index (χ0v) is 7.99. The van der Waals surface area contributed by atoms with E-state index in [1.165, 1.54) is 6.92 Å². The average Bonchev–Trinajstić information content (AvgIpc) is 2.16. The number of carbonyl (C=O) groups excluding carboxylic acids is 1. The maximum atomic E-state index is 11.3. The highest BCUT2D eigenvalue weighted by molar-refractivity contribution is 5.97. The van der Waals surface area contributed by atoms with Gasteiger partial charge in [-0.25, -0.2) is 0 Å². The molecule has 1 aliphatic rings. The Morgan fingerprint density at radius 2 is 2.36 bits per heavy atom. The Balaban J connectivity index is 2.46. The molecule has 1 aromatic carbocycles. The number of aliphatic hydroxyl groups is 1. The number of ether oxygens (including phenoxy) is 1. The third-order valence-electron chi connectivity index (χ3n) is 2.35. The van der Waals surface area contributed by atoms with E-state index in [1.807, 2.05) is 12.1 Å². The number of Topliss-reactive ketones (excluding diaryl/α,β-unsaturated/α-hetero) is 1. The summed E-state index contributed by atoms with van der Waals surface area (Å²) in [5.41, 5.74) is 1.52. The van der Waals surface area contributed by atoms with Crippen LogP contribution in [0.25, 0.3) is 0 Å². The van der Waals surface area contributed by atoms with Crippen LogP contribution in [0.5, 0.6) is 5.75 Å². The van der Waals surface area contributed by atoms with Gasteiger partial charge in [-0.3, -0.25) is 4.79 Å². The van der Waals surface area contributed by atoms with Gasteiger partial charge in [-0.1, -0.05) is 12.1 Å². The monoisotopic (exact) mass is 192 g/mol. The lowest BCUT2D eigenvalue weighted by molar-refractivity contribution is 0.0883. The topological polar surface area (TPSA) is 46.5 Å². The Labute approximate surface area is 82.3 Å². The summed E-state index contributed by atoms with van der Waals surface area (Å²) in [6.07, 6.45) is 0.112. The summed E-state index contributed by atoms with van der Waals surface area (Å²) in [7, 11) is 0. The Morgan fingerprint density at radius 1 is 1.57 bits per heavy atom. The highest BCUT2D eigenvalue weighted by atomic mass is 16.5. The Hall–Kier alpha value is -1.35. The van der Waals surface area contributed by atoms with Gasteiger partial charge in [-0.2, -0.15) is 0 Å². The van der Waals surface area contributed by atoms with E-state index in [4.69, 9.17) is 4.74 Å². The van der Waals surface area contributed by atoms with Crippen LogP contribution in [0.4, 0.5) is 0 Å². The molecule has 1 aliphatic heterocycles. The molecule has 14 heavy (non-hydrogen) atoms. The van der Waals surface area contributed by atoms with Crippen molar-refractivity contribution < 1.29 is 14.6 Å². The van der Waals surface area contributed by atoms with Crippen LogP contribution in [-0.2, 0) is 6.42 Å². The summed E-state index contributed by atoms with van der Waals surface area (Å²) in [6.45, 7) is 1.79. The van der Waals surface area contributed by atoms with E-state index in [0.29, 0.717) is 17.7 Å². The van der Waals surface area contributed by atoms with Gasteiger partial charge in [-0.05, 0) is 18.6 Å². The second-order valence-electron chi connectivity index (χ2n) is 3.52. The average molecular weight is 192 g/mol. The van der Waals surface area contributed by atoms with E-state index < -0.39 is 6.10 Å². The van der Waals surface area contributed by atoms with Gasteiger partial charge in [0, 0.05) is 6.42 Å². The van der Waals surface area contributed by atoms with Crippen molar-refractivity contribution in [1.29, 1.82) is 0 Å². The van der Waals surface area contributed by atoms with Crippen LogP contribution in [0.2, 0.25) is 0 Å². The Morgan fingerprint density at radius 3 is 3.07 bits per heavy atom. The number of para-hydroxylation sites is 1. The maximum Gasteiger partial charge on any atom is 0.163 e. The maximum absolute atomic E-state index is 11.3. The molecule has 0 saturated heterocycles. The highest BCUT2D eigenvalue weighted by Gasteiger charge is 2.21. The molecule has 0 radical (unpaired) electrons. The smallest absolute Gasteiger partial charge is 0.163 e. The van der Waals surface area contributed by atoms with E-state index in [1.54, 1.807) is 6.07 Å². The molecule has 3 nitrogen and oxygen atoms in total. The number of rotatable bonds is 1. The van der Waals surface area contributed by atoms with Crippen LogP contribution in [0.3, 0.4) is 0 Å². The van der Waals surface area contributed by atoms with Crippen LogP contribution in [0.1, 0.15) is 22.8 Å². The zero-order chi connectivity index (χ0) is 10.1. The zero-order valence-electron chi connectivity index (χ0n) is 7.99. The van der Waals surface area contributed by atoms with Crippen molar-refractivity contribution in [2.75, 3.05) is 6.61 Å². The molecule has 1 unspecified atom stereocenters. The minimum atomic E-state index is -0.454. The molecule has 0 aliphatic carbocycles. The normalized spacial score (nSPS) is 19.7. The van der Waals surface area contributed by atoms with Crippen LogP contribution in [0.15, 0.2) is 18.2 Å². The molecule has 1 aromatic rings. The summed E-state index contributed by atoms with van der Waals surface area (Å²) in [6, 6.07) is 5.44. The first-order valence-corrected chi connectivity index (χ1v) is 4.62. The van der Waals surface area contributed by atoms with Crippen molar-refractivity contribution in [3.63, 3.8) is 0 Å². The SMILES string of the molecule is CC(=O)c1cccc2c1OCC(O)C2. The fourth-order valence-electron chi connectivity index (χ4n) is 1.69. The molecule has 74 valence electrons. The molecule has 1 N–H and O–H groups in total. The van der Waals surface area contributed by atoms with Gasteiger partial charge in [0.2, 0.25) is 0 Å². The number of carbonyl (C=O) groups is 1. The predicted molar refractivity (Wildman–Crippen MR) is 51.7 cm³/mol. The van der Waals surface area contributed by atoms with Crippen molar-refractivity contribution in [3.05, 3.63) is 29.3 Å². The fraction of sp³-hybridized carbons (Fsp3) is 0.364. The molecule has 0 fully saturated rings. The number of hydrogen-bond acceptors (Lipinski definition) is 3. The standard InChI is InChI=1S/C11H12O3/c1-7(12)10-4-2-3-8-5-9(13)6-14-11(8)10/h2-4,9,13H,5-6H2,1H3. The largest absolute Gasteiger partial charge is 0.490 e. The first-order chi connectivity index (χ1) is 6.68.